The molecule has 0 fully saturated rings. The third kappa shape index (κ3) is 62.6. The van der Waals surface area contributed by atoms with Crippen LogP contribution in [0.15, 0.2) is 0 Å². The summed E-state index contributed by atoms with van der Waals surface area (Å²) in [5.74, 6) is -2.14. The van der Waals surface area contributed by atoms with Gasteiger partial charge in [-0.15, -0.1) is 0 Å². The minimum absolute atomic E-state index is 0.103. The fourth-order valence-corrected chi connectivity index (χ4v) is 11.9. The predicted octanol–water partition coefficient (Wildman–Crippen LogP) is 19.5. The van der Waals surface area contributed by atoms with E-state index in [2.05, 4.69) is 27.7 Å². The first-order valence-corrected chi connectivity index (χ1v) is 38.8. The molecule has 0 aliphatic carbocycles. The van der Waals surface area contributed by atoms with Gasteiger partial charge in [0.15, 0.2) is 12.2 Å². The summed E-state index contributed by atoms with van der Waals surface area (Å²) in [6.07, 6.45) is 50.7. The lowest BCUT2D eigenvalue weighted by Crippen LogP contribution is -2.30. The lowest BCUT2D eigenvalue weighted by atomic mass is 10.0. The highest BCUT2D eigenvalue weighted by molar-refractivity contribution is 7.47. The second-order valence-electron chi connectivity index (χ2n) is 24.6. The smallest absolute Gasteiger partial charge is 0.462 e. The first-order valence-electron chi connectivity index (χ1n) is 35.8. The Hall–Kier alpha value is -1.94. The van der Waals surface area contributed by atoms with Gasteiger partial charge in [0.05, 0.1) is 26.4 Å². The molecule has 0 saturated carbocycles. The van der Waals surface area contributed by atoms with Crippen LogP contribution in [0.2, 0.25) is 0 Å². The van der Waals surface area contributed by atoms with Gasteiger partial charge < -0.3 is 33.8 Å². The van der Waals surface area contributed by atoms with Gasteiger partial charge in [0.25, 0.3) is 0 Å². The number of carbonyl (C=O) groups is 4. The molecular formula is C68H132O17P2. The van der Waals surface area contributed by atoms with Crippen molar-refractivity contribution in [2.75, 3.05) is 39.6 Å². The molecule has 0 spiro atoms. The number of rotatable bonds is 69. The van der Waals surface area contributed by atoms with Crippen molar-refractivity contribution in [1.82, 2.24) is 0 Å². The van der Waals surface area contributed by atoms with Crippen molar-refractivity contribution >= 4 is 39.5 Å². The zero-order valence-electron chi connectivity index (χ0n) is 56.0. The SMILES string of the molecule is CCCCCCCCCCCCCCCCCCCCCCCCC(=O)O[C@H](COC(=O)CCCCCCCCCCCCCCC)COP(=O)(O)OC[C@@H](O)COP(=O)(O)OC[C@@H](COC(=O)CCCCCCC)OC(=O)CCCCCCCCC. The van der Waals surface area contributed by atoms with Crippen LogP contribution in [0.4, 0.5) is 0 Å². The standard InChI is InChI=1S/C68H132O17P2/c1-5-9-13-17-20-22-24-26-27-28-29-30-31-32-33-34-36-38-40-43-47-51-55-68(73)85-64(59-79-66(71)53-49-45-42-39-37-35-25-23-21-18-14-10-6-2)61-83-87(76,77)81-57-62(69)56-80-86(74,75)82-60-63(58-78-65(70)52-48-44-16-12-8-4)84-67(72)54-50-46-41-19-15-11-7-3/h62-64,69H,5-61H2,1-4H3,(H,74,75)(H,76,77)/t62-,63+,64+/m0/s1. The van der Waals surface area contributed by atoms with E-state index in [0.717, 1.165) is 109 Å². The summed E-state index contributed by atoms with van der Waals surface area (Å²) in [5.41, 5.74) is 0. The van der Waals surface area contributed by atoms with Crippen LogP contribution in [0.5, 0.6) is 0 Å². The molecule has 0 amide bonds. The van der Waals surface area contributed by atoms with Gasteiger partial charge in [-0.2, -0.15) is 0 Å². The van der Waals surface area contributed by atoms with Crippen LogP contribution in [0.25, 0.3) is 0 Å². The van der Waals surface area contributed by atoms with Gasteiger partial charge in [0, 0.05) is 25.7 Å². The third-order valence-corrected chi connectivity index (χ3v) is 17.8. The summed E-state index contributed by atoms with van der Waals surface area (Å²) in [5, 5.41) is 10.5. The maximum Gasteiger partial charge on any atom is 0.472 e. The Morgan fingerprint density at radius 3 is 0.678 bits per heavy atom. The molecular weight excluding hydrogens is 1150 g/mol. The normalized spacial score (nSPS) is 14.1. The Balaban J connectivity index is 5.05. The summed E-state index contributed by atoms with van der Waals surface area (Å²) in [7, 11) is -9.88. The van der Waals surface area contributed by atoms with E-state index in [4.69, 9.17) is 37.0 Å². The number of hydrogen-bond donors (Lipinski definition) is 3. The average molecular weight is 1280 g/mol. The number of aliphatic hydroxyl groups excluding tert-OH is 1. The summed E-state index contributed by atoms with van der Waals surface area (Å²) < 4.78 is 67.8. The number of unbranched alkanes of at least 4 members (excludes halogenated alkanes) is 43. The Labute approximate surface area is 530 Å². The minimum atomic E-state index is -4.94. The van der Waals surface area contributed by atoms with Crippen LogP contribution in [0.1, 0.15) is 355 Å². The molecule has 0 rings (SSSR count). The molecule has 5 atom stereocenters. The van der Waals surface area contributed by atoms with Crippen molar-refractivity contribution < 1.29 is 80.2 Å². The Bertz CT molecular complexity index is 1670. The Morgan fingerprint density at radius 2 is 0.460 bits per heavy atom. The molecule has 0 heterocycles. The molecule has 0 radical (unpaired) electrons. The first-order chi connectivity index (χ1) is 42.2. The van der Waals surface area contributed by atoms with Gasteiger partial charge >= 0.3 is 39.5 Å². The van der Waals surface area contributed by atoms with Crippen molar-refractivity contribution in [3.8, 4) is 0 Å². The van der Waals surface area contributed by atoms with E-state index in [0.29, 0.717) is 25.7 Å². The molecule has 0 aromatic rings. The fourth-order valence-electron chi connectivity index (χ4n) is 10.3. The number of aliphatic hydroxyl groups is 1. The highest BCUT2D eigenvalue weighted by Crippen LogP contribution is 2.45. The second kappa shape index (κ2) is 62.8. The highest BCUT2D eigenvalue weighted by Gasteiger charge is 2.30. The number of phosphoric ester groups is 2. The number of esters is 4. The highest BCUT2D eigenvalue weighted by atomic mass is 31.2. The molecule has 19 heteroatoms. The second-order valence-corrected chi connectivity index (χ2v) is 27.5. The minimum Gasteiger partial charge on any atom is -0.462 e. The number of hydrogen-bond acceptors (Lipinski definition) is 15. The summed E-state index contributed by atoms with van der Waals surface area (Å²) >= 11 is 0. The first kappa shape index (κ1) is 85.1. The van der Waals surface area contributed by atoms with Crippen LogP contribution in [-0.4, -0.2) is 96.7 Å². The molecule has 17 nitrogen and oxygen atoms in total. The average Bonchev–Trinajstić information content (AvgIpc) is 3.52. The number of phosphoric acid groups is 2. The van der Waals surface area contributed by atoms with Gasteiger partial charge in [0.2, 0.25) is 0 Å². The van der Waals surface area contributed by atoms with E-state index >= 15 is 0 Å². The van der Waals surface area contributed by atoms with Crippen LogP contribution >= 0.6 is 15.6 Å². The maximum absolute atomic E-state index is 13.0. The molecule has 0 saturated heterocycles. The molecule has 2 unspecified atom stereocenters. The zero-order chi connectivity index (χ0) is 64.0. The van der Waals surface area contributed by atoms with Gasteiger partial charge in [-0.3, -0.25) is 37.3 Å². The monoisotopic (exact) mass is 1280 g/mol. The van der Waals surface area contributed by atoms with E-state index in [-0.39, 0.29) is 25.7 Å². The lowest BCUT2D eigenvalue weighted by Gasteiger charge is -2.21. The summed E-state index contributed by atoms with van der Waals surface area (Å²) in [4.78, 5) is 72.0. The molecule has 0 aliphatic rings. The van der Waals surface area contributed by atoms with E-state index < -0.39 is 97.5 Å². The molecule has 3 N–H and O–H groups in total. The van der Waals surface area contributed by atoms with Crippen molar-refractivity contribution in [3.05, 3.63) is 0 Å². The Kier molecular flexibility index (Phi) is 61.4. The Morgan fingerprint density at radius 1 is 0.276 bits per heavy atom. The topological polar surface area (TPSA) is 237 Å². The predicted molar refractivity (Wildman–Crippen MR) is 349 cm³/mol. The van der Waals surface area contributed by atoms with Crippen LogP contribution in [0, 0.1) is 0 Å². The van der Waals surface area contributed by atoms with Gasteiger partial charge in [-0.1, -0.05) is 304 Å². The molecule has 516 valence electrons. The molecule has 0 bridgehead atoms. The largest absolute Gasteiger partial charge is 0.472 e. The van der Waals surface area contributed by atoms with Crippen molar-refractivity contribution in [2.45, 2.75) is 373 Å². The molecule has 0 aliphatic heterocycles. The molecule has 0 aromatic carbocycles. The van der Waals surface area contributed by atoms with Gasteiger partial charge in [-0.05, 0) is 25.7 Å². The van der Waals surface area contributed by atoms with E-state index in [1.54, 1.807) is 0 Å². The van der Waals surface area contributed by atoms with Crippen molar-refractivity contribution in [3.63, 3.8) is 0 Å². The quantitative estimate of drug-likeness (QED) is 0.0222. The third-order valence-electron chi connectivity index (χ3n) is 15.9. The van der Waals surface area contributed by atoms with Crippen LogP contribution in [0.3, 0.4) is 0 Å². The number of ether oxygens (including phenoxy) is 4. The van der Waals surface area contributed by atoms with Gasteiger partial charge in [-0.25, -0.2) is 9.13 Å². The van der Waals surface area contributed by atoms with E-state index in [1.807, 2.05) is 0 Å². The summed E-state index contributed by atoms with van der Waals surface area (Å²) in [6.45, 7) is 4.79. The van der Waals surface area contributed by atoms with Crippen LogP contribution in [-0.2, 0) is 65.4 Å². The van der Waals surface area contributed by atoms with Gasteiger partial charge in [0.1, 0.15) is 19.3 Å². The summed E-state index contributed by atoms with van der Waals surface area (Å²) in [6, 6.07) is 0. The lowest BCUT2D eigenvalue weighted by molar-refractivity contribution is -0.161. The fraction of sp³-hybridized carbons (Fsp3) is 0.941. The maximum atomic E-state index is 13.0. The van der Waals surface area contributed by atoms with E-state index in [9.17, 15) is 43.2 Å². The van der Waals surface area contributed by atoms with Crippen molar-refractivity contribution in [2.24, 2.45) is 0 Å². The zero-order valence-corrected chi connectivity index (χ0v) is 57.8. The molecule has 87 heavy (non-hydrogen) atoms. The van der Waals surface area contributed by atoms with Crippen molar-refractivity contribution in [1.29, 1.82) is 0 Å². The van der Waals surface area contributed by atoms with Crippen LogP contribution < -0.4 is 0 Å². The van der Waals surface area contributed by atoms with E-state index in [1.165, 1.54) is 167 Å². The molecule has 0 aromatic heterocycles. The number of carbonyl (C=O) groups excluding carboxylic acids is 4.